The fraction of sp³-hybridized carbons (Fsp3) is 0.600. The van der Waals surface area contributed by atoms with E-state index in [0.29, 0.717) is 6.61 Å². The standard InChI is InChI=1S/C15H23NO2/c1-2-18-14-7-5-6-13(10-14)11-16-15(12-17)8-3-4-9-15/h5-7,10,16-17H,2-4,8-9,11-12H2,1H3. The van der Waals surface area contributed by atoms with Gasteiger partial charge in [0.2, 0.25) is 0 Å². The zero-order valence-electron chi connectivity index (χ0n) is 11.1. The number of rotatable bonds is 6. The second kappa shape index (κ2) is 6.21. The number of hydrogen-bond donors (Lipinski definition) is 2. The van der Waals surface area contributed by atoms with E-state index < -0.39 is 0 Å². The van der Waals surface area contributed by atoms with Gasteiger partial charge >= 0.3 is 0 Å². The molecule has 1 saturated carbocycles. The zero-order valence-corrected chi connectivity index (χ0v) is 11.1. The molecule has 0 aliphatic heterocycles. The molecule has 2 rings (SSSR count). The van der Waals surface area contributed by atoms with Crippen LogP contribution in [0, 0.1) is 0 Å². The molecular weight excluding hydrogens is 226 g/mol. The Labute approximate surface area is 109 Å². The monoisotopic (exact) mass is 249 g/mol. The molecule has 18 heavy (non-hydrogen) atoms. The highest BCUT2D eigenvalue weighted by Gasteiger charge is 2.32. The minimum atomic E-state index is -0.0540. The van der Waals surface area contributed by atoms with Crippen molar-refractivity contribution in [2.45, 2.75) is 44.7 Å². The highest BCUT2D eigenvalue weighted by atomic mass is 16.5. The summed E-state index contributed by atoms with van der Waals surface area (Å²) >= 11 is 0. The summed E-state index contributed by atoms with van der Waals surface area (Å²) in [6.45, 7) is 3.71. The third kappa shape index (κ3) is 3.24. The lowest BCUT2D eigenvalue weighted by atomic mass is 9.98. The molecule has 0 amide bonds. The predicted octanol–water partition coefficient (Wildman–Crippen LogP) is 2.48. The highest BCUT2D eigenvalue weighted by Crippen LogP contribution is 2.29. The van der Waals surface area contributed by atoms with E-state index in [1.807, 2.05) is 19.1 Å². The normalized spacial score (nSPS) is 17.9. The Bertz CT molecular complexity index is 373. The van der Waals surface area contributed by atoms with Gasteiger partial charge in [-0.15, -0.1) is 0 Å². The predicted molar refractivity (Wildman–Crippen MR) is 72.7 cm³/mol. The van der Waals surface area contributed by atoms with E-state index >= 15 is 0 Å². The average molecular weight is 249 g/mol. The van der Waals surface area contributed by atoms with Gasteiger partial charge in [0.25, 0.3) is 0 Å². The van der Waals surface area contributed by atoms with Crippen molar-refractivity contribution >= 4 is 0 Å². The van der Waals surface area contributed by atoms with Crippen molar-refractivity contribution in [2.24, 2.45) is 0 Å². The Kier molecular flexibility index (Phi) is 4.61. The molecule has 1 fully saturated rings. The third-order valence-electron chi connectivity index (χ3n) is 3.74. The van der Waals surface area contributed by atoms with Crippen molar-refractivity contribution in [3.05, 3.63) is 29.8 Å². The first-order chi connectivity index (χ1) is 8.78. The SMILES string of the molecule is CCOc1cccc(CNC2(CO)CCCC2)c1. The number of aliphatic hydroxyl groups is 1. The van der Waals surface area contributed by atoms with Gasteiger partial charge < -0.3 is 15.2 Å². The summed E-state index contributed by atoms with van der Waals surface area (Å²) in [4.78, 5) is 0. The second-order valence-electron chi connectivity index (χ2n) is 5.08. The molecule has 1 aromatic rings. The molecule has 0 bridgehead atoms. The molecule has 0 heterocycles. The lowest BCUT2D eigenvalue weighted by Gasteiger charge is -2.28. The molecular formula is C15H23NO2. The van der Waals surface area contributed by atoms with Crippen LogP contribution < -0.4 is 10.1 Å². The van der Waals surface area contributed by atoms with E-state index in [2.05, 4.69) is 17.4 Å². The van der Waals surface area contributed by atoms with Crippen LogP contribution in [-0.2, 0) is 6.54 Å². The van der Waals surface area contributed by atoms with Crippen LogP contribution in [0.25, 0.3) is 0 Å². The summed E-state index contributed by atoms with van der Waals surface area (Å²) < 4.78 is 5.49. The van der Waals surface area contributed by atoms with Crippen LogP contribution in [0.1, 0.15) is 38.2 Å². The molecule has 2 N–H and O–H groups in total. The maximum atomic E-state index is 9.55. The summed E-state index contributed by atoms with van der Waals surface area (Å²) in [7, 11) is 0. The molecule has 0 atom stereocenters. The maximum Gasteiger partial charge on any atom is 0.119 e. The van der Waals surface area contributed by atoms with Crippen LogP contribution in [0.2, 0.25) is 0 Å². The third-order valence-corrected chi connectivity index (χ3v) is 3.74. The summed E-state index contributed by atoms with van der Waals surface area (Å²) in [5.74, 6) is 0.918. The number of nitrogens with one attached hydrogen (secondary N) is 1. The van der Waals surface area contributed by atoms with Gasteiger partial charge in [-0.05, 0) is 37.5 Å². The van der Waals surface area contributed by atoms with E-state index in [9.17, 15) is 5.11 Å². The van der Waals surface area contributed by atoms with Crippen molar-refractivity contribution in [1.82, 2.24) is 5.32 Å². The smallest absolute Gasteiger partial charge is 0.119 e. The van der Waals surface area contributed by atoms with Crippen LogP contribution >= 0.6 is 0 Å². The summed E-state index contributed by atoms with van der Waals surface area (Å²) in [6, 6.07) is 8.15. The van der Waals surface area contributed by atoms with Crippen LogP contribution in [0.5, 0.6) is 5.75 Å². The Morgan fingerprint density at radius 1 is 1.33 bits per heavy atom. The van der Waals surface area contributed by atoms with Gasteiger partial charge in [-0.3, -0.25) is 0 Å². The first-order valence-corrected chi connectivity index (χ1v) is 6.86. The van der Waals surface area contributed by atoms with Gasteiger partial charge in [0, 0.05) is 12.1 Å². The number of ether oxygens (including phenoxy) is 1. The van der Waals surface area contributed by atoms with Gasteiger partial charge in [0.15, 0.2) is 0 Å². The van der Waals surface area contributed by atoms with Crippen LogP contribution in [0.3, 0.4) is 0 Å². The molecule has 0 saturated heterocycles. The van der Waals surface area contributed by atoms with E-state index in [-0.39, 0.29) is 12.1 Å². The minimum Gasteiger partial charge on any atom is -0.494 e. The van der Waals surface area contributed by atoms with Crippen molar-refractivity contribution in [1.29, 1.82) is 0 Å². The molecule has 0 aromatic heterocycles. The molecule has 0 unspecified atom stereocenters. The summed E-state index contributed by atoms with van der Waals surface area (Å²) in [6.07, 6.45) is 4.59. The number of hydrogen-bond acceptors (Lipinski definition) is 3. The molecule has 3 heteroatoms. The molecule has 3 nitrogen and oxygen atoms in total. The molecule has 1 aromatic carbocycles. The molecule has 0 spiro atoms. The first kappa shape index (κ1) is 13.4. The van der Waals surface area contributed by atoms with Gasteiger partial charge in [-0.1, -0.05) is 25.0 Å². The van der Waals surface area contributed by atoms with Gasteiger partial charge in [-0.2, -0.15) is 0 Å². The maximum absolute atomic E-state index is 9.55. The molecule has 0 radical (unpaired) electrons. The Morgan fingerprint density at radius 3 is 2.78 bits per heavy atom. The fourth-order valence-electron chi connectivity index (χ4n) is 2.64. The lowest BCUT2D eigenvalue weighted by molar-refractivity contribution is 0.163. The van der Waals surface area contributed by atoms with Crippen molar-refractivity contribution < 1.29 is 9.84 Å². The second-order valence-corrected chi connectivity index (χ2v) is 5.08. The summed E-state index contributed by atoms with van der Waals surface area (Å²) in [5, 5.41) is 13.1. The number of aliphatic hydroxyl groups excluding tert-OH is 1. The quantitative estimate of drug-likeness (QED) is 0.814. The Morgan fingerprint density at radius 2 is 2.11 bits per heavy atom. The van der Waals surface area contributed by atoms with Crippen LogP contribution in [0.4, 0.5) is 0 Å². The number of benzene rings is 1. The van der Waals surface area contributed by atoms with E-state index in [0.717, 1.165) is 25.1 Å². The van der Waals surface area contributed by atoms with Crippen molar-refractivity contribution in [2.75, 3.05) is 13.2 Å². The van der Waals surface area contributed by atoms with Crippen molar-refractivity contribution in [3.8, 4) is 5.75 Å². The topological polar surface area (TPSA) is 41.5 Å². The first-order valence-electron chi connectivity index (χ1n) is 6.86. The molecule has 1 aliphatic carbocycles. The highest BCUT2D eigenvalue weighted by molar-refractivity contribution is 5.28. The van der Waals surface area contributed by atoms with Gasteiger partial charge in [0.05, 0.1) is 13.2 Å². The van der Waals surface area contributed by atoms with Crippen LogP contribution in [-0.4, -0.2) is 23.9 Å². The van der Waals surface area contributed by atoms with E-state index in [4.69, 9.17) is 4.74 Å². The fourth-order valence-corrected chi connectivity index (χ4v) is 2.64. The summed E-state index contributed by atoms with van der Waals surface area (Å²) in [5.41, 5.74) is 1.16. The largest absolute Gasteiger partial charge is 0.494 e. The van der Waals surface area contributed by atoms with E-state index in [1.54, 1.807) is 0 Å². The minimum absolute atomic E-state index is 0.0540. The molecule has 100 valence electrons. The molecule has 1 aliphatic rings. The average Bonchev–Trinajstić information content (AvgIpc) is 2.87. The lowest BCUT2D eigenvalue weighted by Crippen LogP contribution is -2.45. The van der Waals surface area contributed by atoms with Crippen LogP contribution in [0.15, 0.2) is 24.3 Å². The Hall–Kier alpha value is -1.06. The van der Waals surface area contributed by atoms with Gasteiger partial charge in [-0.25, -0.2) is 0 Å². The van der Waals surface area contributed by atoms with Gasteiger partial charge in [0.1, 0.15) is 5.75 Å². The Balaban J connectivity index is 1.94. The van der Waals surface area contributed by atoms with E-state index in [1.165, 1.54) is 18.4 Å². The zero-order chi connectivity index (χ0) is 12.8. The van der Waals surface area contributed by atoms with Crippen molar-refractivity contribution in [3.63, 3.8) is 0 Å².